The fourth-order valence-corrected chi connectivity index (χ4v) is 4.12. The molecule has 1 unspecified atom stereocenters. The van der Waals surface area contributed by atoms with Gasteiger partial charge in [0.1, 0.15) is 12.6 Å². The molecule has 2 aromatic rings. The molecule has 3 rings (SSSR count). The van der Waals surface area contributed by atoms with Gasteiger partial charge in [0.15, 0.2) is 0 Å². The smallest absolute Gasteiger partial charge is 0.408 e. The molecule has 0 heterocycles. The summed E-state index contributed by atoms with van der Waals surface area (Å²) in [7, 11) is 0. The highest BCUT2D eigenvalue weighted by Crippen LogP contribution is 2.44. The molecule has 1 aliphatic carbocycles. The summed E-state index contributed by atoms with van der Waals surface area (Å²) in [6, 6.07) is 12.9. The monoisotopic (exact) mass is 492 g/mol. The summed E-state index contributed by atoms with van der Waals surface area (Å²) in [6.45, 7) is 1.50. The summed E-state index contributed by atoms with van der Waals surface area (Å²) < 4.78 is 45.6. The Kier molecular flexibility index (Phi) is 8.37. The van der Waals surface area contributed by atoms with Crippen LogP contribution in [0.1, 0.15) is 43.2 Å². The first-order chi connectivity index (χ1) is 16.6. The summed E-state index contributed by atoms with van der Waals surface area (Å²) in [4.78, 5) is 34.8. The van der Waals surface area contributed by atoms with Gasteiger partial charge in [-0.3, -0.25) is 9.59 Å². The number of carboxylic acid groups (broad SMARTS) is 1. The molecule has 35 heavy (non-hydrogen) atoms. The average Bonchev–Trinajstić information content (AvgIpc) is 3.11. The molecule has 0 spiro atoms. The van der Waals surface area contributed by atoms with Crippen LogP contribution >= 0.6 is 0 Å². The van der Waals surface area contributed by atoms with Crippen LogP contribution in [0.2, 0.25) is 0 Å². The van der Waals surface area contributed by atoms with E-state index in [9.17, 15) is 27.6 Å². The topological polar surface area (TPSA) is 105 Å². The van der Waals surface area contributed by atoms with Gasteiger partial charge >= 0.3 is 18.2 Å². The van der Waals surface area contributed by atoms with Crippen LogP contribution in [0.5, 0.6) is 0 Å². The van der Waals surface area contributed by atoms with Crippen LogP contribution in [0.4, 0.5) is 18.0 Å². The van der Waals surface area contributed by atoms with Crippen molar-refractivity contribution in [2.24, 2.45) is 5.92 Å². The van der Waals surface area contributed by atoms with Crippen LogP contribution in [-0.2, 0) is 14.3 Å². The van der Waals surface area contributed by atoms with Crippen molar-refractivity contribution in [2.75, 3.05) is 13.2 Å². The van der Waals surface area contributed by atoms with Crippen LogP contribution in [0, 0.1) is 5.92 Å². The first kappa shape index (κ1) is 26.1. The Hall–Kier alpha value is -3.56. The van der Waals surface area contributed by atoms with Gasteiger partial charge in [-0.05, 0) is 34.6 Å². The van der Waals surface area contributed by atoms with Gasteiger partial charge in [0.25, 0.3) is 0 Å². The number of aliphatic carboxylic acids is 1. The van der Waals surface area contributed by atoms with Crippen LogP contribution < -0.4 is 10.6 Å². The van der Waals surface area contributed by atoms with Crippen molar-refractivity contribution in [2.45, 2.75) is 44.3 Å². The number of halogens is 3. The molecule has 0 saturated heterocycles. The summed E-state index contributed by atoms with van der Waals surface area (Å²) in [5.74, 6) is -2.35. The Balaban J connectivity index is 1.54. The van der Waals surface area contributed by atoms with E-state index in [0.29, 0.717) is 0 Å². The molecule has 10 heteroatoms. The molecule has 0 bridgehead atoms. The van der Waals surface area contributed by atoms with Gasteiger partial charge in [-0.25, -0.2) is 4.79 Å². The van der Waals surface area contributed by atoms with Crippen molar-refractivity contribution in [1.29, 1.82) is 0 Å². The number of benzene rings is 2. The number of amides is 2. The van der Waals surface area contributed by atoms with E-state index in [0.717, 1.165) is 22.3 Å². The zero-order valence-corrected chi connectivity index (χ0v) is 19.1. The van der Waals surface area contributed by atoms with Crippen LogP contribution in [0.25, 0.3) is 11.1 Å². The summed E-state index contributed by atoms with van der Waals surface area (Å²) in [5, 5.41) is 13.0. The molecule has 1 aliphatic rings. The number of ether oxygens (including phenoxy) is 1. The van der Waals surface area contributed by atoms with Crippen LogP contribution in [0.3, 0.4) is 0 Å². The SMILES string of the molecule is CC(CNC(=O)CC[C@H](NC(=O)OCC1c2ccccc2-c2ccccc21)C(F)(F)F)CC(=O)O. The number of rotatable bonds is 10. The van der Waals surface area contributed by atoms with Crippen molar-refractivity contribution in [1.82, 2.24) is 10.6 Å². The number of alkyl halides is 3. The molecule has 0 fully saturated rings. The van der Waals surface area contributed by atoms with E-state index in [1.54, 1.807) is 6.92 Å². The van der Waals surface area contributed by atoms with E-state index < -0.39 is 43.0 Å². The molecule has 2 atom stereocenters. The van der Waals surface area contributed by atoms with E-state index in [1.165, 1.54) is 0 Å². The maximum absolute atomic E-state index is 13.5. The normalized spacial score (nSPS) is 14.4. The molecule has 2 amide bonds. The second-order valence-electron chi connectivity index (χ2n) is 8.61. The van der Waals surface area contributed by atoms with Crippen molar-refractivity contribution in [3.05, 3.63) is 59.7 Å². The van der Waals surface area contributed by atoms with Crippen LogP contribution in [-0.4, -0.2) is 48.4 Å². The van der Waals surface area contributed by atoms with Crippen LogP contribution in [0.15, 0.2) is 48.5 Å². The second-order valence-corrected chi connectivity index (χ2v) is 8.61. The van der Waals surface area contributed by atoms with E-state index >= 15 is 0 Å². The number of carbonyl (C=O) groups is 3. The lowest BCUT2D eigenvalue weighted by atomic mass is 9.98. The quantitative estimate of drug-likeness (QED) is 0.454. The first-order valence-corrected chi connectivity index (χ1v) is 11.2. The van der Waals surface area contributed by atoms with Gasteiger partial charge in [-0.1, -0.05) is 55.5 Å². The molecule has 188 valence electrons. The van der Waals surface area contributed by atoms with Gasteiger partial charge < -0.3 is 20.5 Å². The van der Waals surface area contributed by atoms with Crippen molar-refractivity contribution in [3.63, 3.8) is 0 Å². The third kappa shape index (κ3) is 6.97. The molecular weight excluding hydrogens is 465 g/mol. The molecular formula is C25H27F3N2O5. The Bertz CT molecular complexity index is 1030. The number of nitrogens with one attached hydrogen (secondary N) is 2. The van der Waals surface area contributed by atoms with Gasteiger partial charge in [0, 0.05) is 25.3 Å². The largest absolute Gasteiger partial charge is 0.481 e. The Morgan fingerprint density at radius 2 is 1.60 bits per heavy atom. The van der Waals surface area contributed by atoms with E-state index in [2.05, 4.69) is 5.32 Å². The summed E-state index contributed by atoms with van der Waals surface area (Å²) >= 11 is 0. The Morgan fingerprint density at radius 1 is 1.03 bits per heavy atom. The third-order valence-corrected chi connectivity index (χ3v) is 5.86. The standard InChI is InChI=1S/C25H27F3N2O5/c1-15(12-23(32)33)13-29-22(31)11-10-21(25(26,27)28)30-24(34)35-14-20-18-8-4-2-6-16(18)17-7-3-5-9-19(17)20/h2-9,15,20-21H,10-14H2,1H3,(H,29,31)(H,30,34)(H,32,33)/t15?,21-/m0/s1. The van der Waals surface area contributed by atoms with Crippen molar-refractivity contribution < 1.29 is 37.4 Å². The van der Waals surface area contributed by atoms with Crippen molar-refractivity contribution in [3.8, 4) is 11.1 Å². The highest BCUT2D eigenvalue weighted by atomic mass is 19.4. The lowest BCUT2D eigenvalue weighted by Gasteiger charge is -2.22. The minimum absolute atomic E-state index is 0.0294. The maximum Gasteiger partial charge on any atom is 0.408 e. The zero-order chi connectivity index (χ0) is 25.6. The molecule has 2 aromatic carbocycles. The number of carboxylic acids is 1. The Morgan fingerprint density at radius 3 is 2.14 bits per heavy atom. The molecule has 7 nitrogen and oxygen atoms in total. The van der Waals surface area contributed by atoms with Crippen molar-refractivity contribution >= 4 is 18.0 Å². The second kappa shape index (κ2) is 11.2. The lowest BCUT2D eigenvalue weighted by molar-refractivity contribution is -0.156. The zero-order valence-electron chi connectivity index (χ0n) is 19.1. The summed E-state index contributed by atoms with van der Waals surface area (Å²) in [5.41, 5.74) is 3.85. The average molecular weight is 492 g/mol. The minimum atomic E-state index is -4.78. The van der Waals surface area contributed by atoms with E-state index in [1.807, 2.05) is 53.8 Å². The summed E-state index contributed by atoms with van der Waals surface area (Å²) in [6.07, 6.45) is -7.33. The number of fused-ring (bicyclic) bond motifs is 3. The molecule has 3 N–H and O–H groups in total. The predicted octanol–water partition coefficient (Wildman–Crippen LogP) is 4.46. The highest BCUT2D eigenvalue weighted by Gasteiger charge is 2.41. The highest BCUT2D eigenvalue weighted by molar-refractivity contribution is 5.79. The molecule has 0 radical (unpaired) electrons. The molecule has 0 aromatic heterocycles. The lowest BCUT2D eigenvalue weighted by Crippen LogP contribution is -2.46. The third-order valence-electron chi connectivity index (χ3n) is 5.86. The first-order valence-electron chi connectivity index (χ1n) is 11.2. The molecule has 0 saturated carbocycles. The van der Waals surface area contributed by atoms with Gasteiger partial charge in [-0.2, -0.15) is 13.2 Å². The number of hydrogen-bond acceptors (Lipinski definition) is 4. The van der Waals surface area contributed by atoms with Gasteiger partial charge in [0.2, 0.25) is 5.91 Å². The predicted molar refractivity (Wildman–Crippen MR) is 122 cm³/mol. The fraction of sp³-hybridized carbons (Fsp3) is 0.400. The van der Waals surface area contributed by atoms with Gasteiger partial charge in [-0.15, -0.1) is 0 Å². The molecule has 0 aliphatic heterocycles. The number of carbonyl (C=O) groups excluding carboxylic acids is 2. The fourth-order valence-electron chi connectivity index (χ4n) is 4.12. The number of alkyl carbamates (subject to hydrolysis) is 1. The van der Waals surface area contributed by atoms with E-state index in [4.69, 9.17) is 9.84 Å². The minimum Gasteiger partial charge on any atom is -0.481 e. The van der Waals surface area contributed by atoms with E-state index in [-0.39, 0.29) is 31.4 Å². The maximum atomic E-state index is 13.5. The van der Waals surface area contributed by atoms with Gasteiger partial charge in [0.05, 0.1) is 0 Å². The number of hydrogen-bond donors (Lipinski definition) is 3. The Labute approximate surface area is 200 Å².